The van der Waals surface area contributed by atoms with Crippen molar-refractivity contribution in [2.24, 2.45) is 0 Å². The highest BCUT2D eigenvalue weighted by Gasteiger charge is 2.10. The standard InChI is InChI=1S/C20H19NO2/c1-16(9-8-12-17-10-4-2-5-11-17)19(22)15-20(23)21-18-13-6-3-7-14-18/h2-14H,15H2,1H3,(H,21,23)/b12-8+,16-9+. The Morgan fingerprint density at radius 1 is 0.957 bits per heavy atom. The van der Waals surface area contributed by atoms with Crippen molar-refractivity contribution < 1.29 is 9.59 Å². The maximum atomic E-state index is 12.0. The number of amides is 1. The van der Waals surface area contributed by atoms with Gasteiger partial charge in [-0.3, -0.25) is 9.59 Å². The van der Waals surface area contributed by atoms with Gasteiger partial charge in [0, 0.05) is 5.69 Å². The third-order valence-electron chi connectivity index (χ3n) is 3.25. The molecule has 116 valence electrons. The molecule has 23 heavy (non-hydrogen) atoms. The molecule has 1 amide bonds. The lowest BCUT2D eigenvalue weighted by atomic mass is 10.1. The van der Waals surface area contributed by atoms with Crippen LogP contribution >= 0.6 is 0 Å². The van der Waals surface area contributed by atoms with Gasteiger partial charge in [-0.1, -0.05) is 66.8 Å². The molecule has 0 heterocycles. The number of nitrogens with one attached hydrogen (secondary N) is 1. The van der Waals surface area contributed by atoms with E-state index >= 15 is 0 Å². The van der Waals surface area contributed by atoms with Gasteiger partial charge in [0.2, 0.25) is 5.91 Å². The van der Waals surface area contributed by atoms with E-state index in [9.17, 15) is 9.59 Å². The zero-order valence-electron chi connectivity index (χ0n) is 13.0. The van der Waals surface area contributed by atoms with E-state index in [0.717, 1.165) is 5.56 Å². The van der Waals surface area contributed by atoms with Crippen LogP contribution in [0, 0.1) is 0 Å². The largest absolute Gasteiger partial charge is 0.326 e. The maximum absolute atomic E-state index is 12.0. The van der Waals surface area contributed by atoms with Crippen molar-refractivity contribution in [2.45, 2.75) is 13.3 Å². The molecule has 0 aliphatic rings. The summed E-state index contributed by atoms with van der Waals surface area (Å²) in [6.45, 7) is 1.72. The van der Waals surface area contributed by atoms with Crippen LogP contribution in [0.3, 0.4) is 0 Å². The second kappa shape index (κ2) is 8.49. The SMILES string of the molecule is C/C(=C\C=C\c1ccccc1)C(=O)CC(=O)Nc1ccccc1. The summed E-state index contributed by atoms with van der Waals surface area (Å²) in [6, 6.07) is 18.9. The molecular formula is C20H19NO2. The maximum Gasteiger partial charge on any atom is 0.232 e. The molecule has 0 aromatic heterocycles. The molecule has 0 bridgehead atoms. The molecule has 2 rings (SSSR count). The second-order valence-electron chi connectivity index (χ2n) is 5.13. The smallest absolute Gasteiger partial charge is 0.232 e. The minimum atomic E-state index is -0.305. The number of carbonyl (C=O) groups excluding carboxylic acids is 2. The summed E-state index contributed by atoms with van der Waals surface area (Å²) >= 11 is 0. The number of para-hydroxylation sites is 1. The summed E-state index contributed by atoms with van der Waals surface area (Å²) in [4.78, 5) is 23.9. The summed E-state index contributed by atoms with van der Waals surface area (Å²) in [5, 5.41) is 2.70. The van der Waals surface area contributed by atoms with Crippen LogP contribution < -0.4 is 5.32 Å². The zero-order valence-corrected chi connectivity index (χ0v) is 13.0. The van der Waals surface area contributed by atoms with Gasteiger partial charge in [-0.15, -0.1) is 0 Å². The van der Waals surface area contributed by atoms with E-state index in [1.807, 2.05) is 60.7 Å². The number of rotatable bonds is 6. The minimum absolute atomic E-state index is 0.156. The predicted molar refractivity (Wildman–Crippen MR) is 93.9 cm³/mol. The Morgan fingerprint density at radius 3 is 2.22 bits per heavy atom. The van der Waals surface area contributed by atoms with Gasteiger partial charge in [0.1, 0.15) is 0 Å². The fraction of sp³-hybridized carbons (Fsp3) is 0.100. The Balaban J connectivity index is 1.88. The quantitative estimate of drug-likeness (QED) is 0.493. The van der Waals surface area contributed by atoms with Crippen LogP contribution in [0.1, 0.15) is 18.9 Å². The van der Waals surface area contributed by atoms with E-state index in [4.69, 9.17) is 0 Å². The molecule has 0 atom stereocenters. The van der Waals surface area contributed by atoms with E-state index in [-0.39, 0.29) is 18.1 Å². The van der Waals surface area contributed by atoms with Gasteiger partial charge in [-0.25, -0.2) is 0 Å². The Labute approximate surface area is 136 Å². The van der Waals surface area contributed by atoms with E-state index in [2.05, 4.69) is 5.32 Å². The lowest BCUT2D eigenvalue weighted by Gasteiger charge is -2.04. The molecule has 2 aromatic carbocycles. The fourth-order valence-corrected chi connectivity index (χ4v) is 1.97. The van der Waals surface area contributed by atoms with Crippen LogP contribution in [0.15, 0.2) is 78.4 Å². The molecule has 0 radical (unpaired) electrons. The monoisotopic (exact) mass is 305 g/mol. The van der Waals surface area contributed by atoms with E-state index in [1.54, 1.807) is 25.1 Å². The van der Waals surface area contributed by atoms with E-state index < -0.39 is 0 Å². The molecule has 3 heteroatoms. The van der Waals surface area contributed by atoms with Crippen molar-refractivity contribution in [1.29, 1.82) is 0 Å². The number of carbonyl (C=O) groups is 2. The highest BCUT2D eigenvalue weighted by molar-refractivity contribution is 6.10. The first kappa shape index (κ1) is 16.4. The Kier molecular flexibility index (Phi) is 6.07. The summed E-state index contributed by atoms with van der Waals surface area (Å²) < 4.78 is 0. The van der Waals surface area contributed by atoms with Crippen LogP contribution in [0.5, 0.6) is 0 Å². The van der Waals surface area contributed by atoms with E-state index in [1.165, 1.54) is 0 Å². The Hall–Kier alpha value is -2.94. The van der Waals surface area contributed by atoms with Gasteiger partial charge in [0.05, 0.1) is 6.42 Å². The van der Waals surface area contributed by atoms with Crippen LogP contribution in [0.25, 0.3) is 6.08 Å². The van der Waals surface area contributed by atoms with Crippen LogP contribution in [0.4, 0.5) is 5.69 Å². The first-order chi connectivity index (χ1) is 11.1. The second-order valence-corrected chi connectivity index (χ2v) is 5.13. The van der Waals surface area contributed by atoms with Crippen molar-refractivity contribution in [1.82, 2.24) is 0 Å². The first-order valence-electron chi connectivity index (χ1n) is 7.43. The molecular weight excluding hydrogens is 286 g/mol. The zero-order chi connectivity index (χ0) is 16.5. The Morgan fingerprint density at radius 2 is 1.57 bits per heavy atom. The van der Waals surface area contributed by atoms with Crippen LogP contribution in [-0.2, 0) is 9.59 Å². The van der Waals surface area contributed by atoms with E-state index in [0.29, 0.717) is 11.3 Å². The molecule has 0 aliphatic heterocycles. The molecule has 0 saturated heterocycles. The molecule has 0 fully saturated rings. The van der Waals surface area contributed by atoms with Gasteiger partial charge in [0.25, 0.3) is 0 Å². The molecule has 0 unspecified atom stereocenters. The van der Waals surface area contributed by atoms with Crippen molar-refractivity contribution in [3.63, 3.8) is 0 Å². The molecule has 0 saturated carbocycles. The number of benzene rings is 2. The number of anilines is 1. The van der Waals surface area contributed by atoms with Gasteiger partial charge < -0.3 is 5.32 Å². The fourth-order valence-electron chi connectivity index (χ4n) is 1.97. The topological polar surface area (TPSA) is 46.2 Å². The van der Waals surface area contributed by atoms with Crippen LogP contribution in [-0.4, -0.2) is 11.7 Å². The lowest BCUT2D eigenvalue weighted by Crippen LogP contribution is -2.16. The third kappa shape index (κ3) is 5.75. The molecule has 0 aliphatic carbocycles. The summed E-state index contributed by atoms with van der Waals surface area (Å²) in [6.07, 6.45) is 5.31. The number of hydrogen-bond acceptors (Lipinski definition) is 2. The van der Waals surface area contributed by atoms with Crippen LogP contribution in [0.2, 0.25) is 0 Å². The van der Waals surface area contributed by atoms with Gasteiger partial charge >= 0.3 is 0 Å². The average Bonchev–Trinajstić information content (AvgIpc) is 2.56. The highest BCUT2D eigenvalue weighted by Crippen LogP contribution is 2.08. The molecule has 2 aromatic rings. The highest BCUT2D eigenvalue weighted by atomic mass is 16.2. The third-order valence-corrected chi connectivity index (χ3v) is 3.25. The number of hydrogen-bond donors (Lipinski definition) is 1. The van der Waals surface area contributed by atoms with Crippen molar-refractivity contribution in [3.8, 4) is 0 Å². The molecule has 1 N–H and O–H groups in total. The summed E-state index contributed by atoms with van der Waals surface area (Å²) in [7, 11) is 0. The van der Waals surface area contributed by atoms with Crippen molar-refractivity contribution >= 4 is 23.5 Å². The predicted octanol–water partition coefficient (Wildman–Crippen LogP) is 4.24. The lowest BCUT2D eigenvalue weighted by molar-refractivity contribution is -0.123. The molecule has 3 nitrogen and oxygen atoms in total. The summed E-state index contributed by atoms with van der Waals surface area (Å²) in [5.74, 6) is -0.489. The Bertz CT molecular complexity index is 716. The number of ketones is 1. The number of Topliss-reactive ketones (excluding diaryl/α,β-unsaturated/α-hetero) is 1. The van der Waals surface area contributed by atoms with Gasteiger partial charge in [-0.2, -0.15) is 0 Å². The normalized spacial score (nSPS) is 11.4. The summed E-state index contributed by atoms with van der Waals surface area (Å²) in [5.41, 5.74) is 2.31. The minimum Gasteiger partial charge on any atom is -0.326 e. The van der Waals surface area contributed by atoms with Crippen molar-refractivity contribution in [3.05, 3.63) is 84.0 Å². The van der Waals surface area contributed by atoms with Gasteiger partial charge in [-0.05, 0) is 30.2 Å². The number of allylic oxidation sites excluding steroid dienone is 3. The van der Waals surface area contributed by atoms with Gasteiger partial charge in [0.15, 0.2) is 5.78 Å². The average molecular weight is 305 g/mol. The first-order valence-corrected chi connectivity index (χ1v) is 7.43. The van der Waals surface area contributed by atoms with Crippen molar-refractivity contribution in [2.75, 3.05) is 5.32 Å². The molecule has 0 spiro atoms.